The third kappa shape index (κ3) is 5.08. The molecule has 0 amide bonds. The van der Waals surface area contributed by atoms with Gasteiger partial charge in [-0.15, -0.1) is 12.4 Å². The minimum Gasteiger partial charge on any atom is -0.497 e. The van der Waals surface area contributed by atoms with Crippen molar-refractivity contribution >= 4 is 29.7 Å². The zero-order valence-corrected chi connectivity index (χ0v) is 19.5. The molecule has 2 aliphatic rings. The van der Waals surface area contributed by atoms with E-state index in [0.29, 0.717) is 17.7 Å². The van der Waals surface area contributed by atoms with Crippen LogP contribution < -0.4 is 14.4 Å². The van der Waals surface area contributed by atoms with Crippen LogP contribution in [0.4, 0.5) is 5.69 Å². The molecule has 1 saturated heterocycles. The third-order valence-corrected chi connectivity index (χ3v) is 6.53. The van der Waals surface area contributed by atoms with Gasteiger partial charge in [0.25, 0.3) is 0 Å². The van der Waals surface area contributed by atoms with Crippen LogP contribution >= 0.6 is 12.4 Å². The summed E-state index contributed by atoms with van der Waals surface area (Å²) in [6.07, 6.45) is 2.39. The molecule has 6 nitrogen and oxygen atoms in total. The van der Waals surface area contributed by atoms with E-state index in [2.05, 4.69) is 21.9 Å². The predicted molar refractivity (Wildman–Crippen MR) is 127 cm³/mol. The zero-order valence-electron chi connectivity index (χ0n) is 18.7. The summed E-state index contributed by atoms with van der Waals surface area (Å²) in [7, 11) is 3.27. The van der Waals surface area contributed by atoms with Crippen molar-refractivity contribution in [2.24, 2.45) is 5.92 Å². The molecule has 4 rings (SSSR count). The first-order chi connectivity index (χ1) is 15.1. The maximum Gasteiger partial charge on any atom is 0.173 e. The molecule has 1 aliphatic heterocycles. The minimum atomic E-state index is -0.535. The van der Waals surface area contributed by atoms with Gasteiger partial charge in [0.2, 0.25) is 0 Å². The van der Waals surface area contributed by atoms with Crippen LogP contribution in [0.1, 0.15) is 29.6 Å². The molecule has 2 atom stereocenters. The Morgan fingerprint density at radius 2 is 1.41 bits per heavy atom. The van der Waals surface area contributed by atoms with Gasteiger partial charge in [-0.25, -0.2) is 0 Å². The van der Waals surface area contributed by atoms with E-state index in [1.807, 2.05) is 12.1 Å². The fraction of sp³-hybridized carbons (Fsp3) is 0.440. The van der Waals surface area contributed by atoms with E-state index in [4.69, 9.17) is 9.47 Å². The lowest BCUT2D eigenvalue weighted by Crippen LogP contribution is -2.55. The first-order valence-corrected chi connectivity index (χ1v) is 11.0. The maximum atomic E-state index is 13.3. The molecule has 2 fully saturated rings. The van der Waals surface area contributed by atoms with Gasteiger partial charge >= 0.3 is 0 Å². The molecule has 1 aliphatic carbocycles. The molecule has 0 spiro atoms. The Kier molecular flexibility index (Phi) is 8.15. The summed E-state index contributed by atoms with van der Waals surface area (Å²) in [5, 5.41) is 0. The van der Waals surface area contributed by atoms with Gasteiger partial charge in [0.05, 0.1) is 26.2 Å². The van der Waals surface area contributed by atoms with Crippen LogP contribution in [-0.2, 0) is 4.79 Å². The van der Waals surface area contributed by atoms with Crippen LogP contribution in [0.3, 0.4) is 0 Å². The topological polar surface area (TPSA) is 59.1 Å². The Hall–Kier alpha value is -2.57. The highest BCUT2D eigenvalue weighted by atomic mass is 35.5. The Bertz CT molecular complexity index is 909. The van der Waals surface area contributed by atoms with Crippen LogP contribution in [-0.4, -0.2) is 62.9 Å². The molecule has 0 radical (unpaired) electrons. The van der Waals surface area contributed by atoms with E-state index in [-0.39, 0.29) is 30.0 Å². The van der Waals surface area contributed by atoms with Gasteiger partial charge in [-0.1, -0.05) is 6.42 Å². The molecule has 0 N–H and O–H groups in total. The van der Waals surface area contributed by atoms with Crippen LogP contribution in [0, 0.1) is 5.92 Å². The van der Waals surface area contributed by atoms with Gasteiger partial charge in [-0.3, -0.25) is 14.5 Å². The number of carbonyl (C=O) groups is 2. The number of carbonyl (C=O) groups excluding carboxylic acids is 2. The molecule has 2 aromatic carbocycles. The number of ether oxygens (including phenoxy) is 2. The number of rotatable bonds is 6. The van der Waals surface area contributed by atoms with Gasteiger partial charge < -0.3 is 14.4 Å². The van der Waals surface area contributed by atoms with Crippen molar-refractivity contribution < 1.29 is 19.1 Å². The number of hydrogen-bond donors (Lipinski definition) is 0. The number of piperazine rings is 1. The number of nitrogens with zero attached hydrogens (tertiary/aromatic N) is 2. The van der Waals surface area contributed by atoms with Crippen LogP contribution in [0.5, 0.6) is 11.5 Å². The van der Waals surface area contributed by atoms with Gasteiger partial charge in [-0.2, -0.15) is 0 Å². The largest absolute Gasteiger partial charge is 0.497 e. The summed E-state index contributed by atoms with van der Waals surface area (Å²) in [6, 6.07) is 15.0. The van der Waals surface area contributed by atoms with E-state index in [1.54, 1.807) is 38.5 Å². The molecule has 0 aromatic heterocycles. The van der Waals surface area contributed by atoms with Crippen molar-refractivity contribution in [2.45, 2.75) is 25.3 Å². The van der Waals surface area contributed by atoms with Crippen molar-refractivity contribution in [1.82, 2.24) is 4.90 Å². The SMILES string of the molecule is COc1ccc(C(=O)C2CCCC(N3CCN(c4ccc(OC)cc4)CC3)C2=O)cc1.Cl. The summed E-state index contributed by atoms with van der Waals surface area (Å²) in [4.78, 5) is 30.9. The van der Waals surface area contributed by atoms with Crippen molar-refractivity contribution in [3.8, 4) is 11.5 Å². The van der Waals surface area contributed by atoms with Crippen molar-refractivity contribution in [1.29, 1.82) is 0 Å². The molecule has 172 valence electrons. The minimum absolute atomic E-state index is 0. The molecular formula is C25H31ClN2O4. The molecule has 1 heterocycles. The fourth-order valence-electron chi connectivity index (χ4n) is 4.70. The summed E-state index contributed by atoms with van der Waals surface area (Å²) in [5.74, 6) is 1.05. The van der Waals surface area contributed by atoms with Crippen LogP contribution in [0.15, 0.2) is 48.5 Å². The summed E-state index contributed by atoms with van der Waals surface area (Å²) < 4.78 is 10.4. The average Bonchev–Trinajstić information content (AvgIpc) is 2.84. The number of Topliss-reactive ketones (excluding diaryl/α,β-unsaturated/α-hetero) is 2. The quantitative estimate of drug-likeness (QED) is 0.484. The lowest BCUT2D eigenvalue weighted by molar-refractivity contribution is -0.129. The first-order valence-electron chi connectivity index (χ1n) is 11.0. The fourth-order valence-corrected chi connectivity index (χ4v) is 4.70. The highest BCUT2D eigenvalue weighted by molar-refractivity contribution is 6.12. The van der Waals surface area contributed by atoms with E-state index in [0.717, 1.165) is 44.8 Å². The number of methoxy groups -OCH3 is 2. The number of halogens is 1. The Labute approximate surface area is 195 Å². The van der Waals surface area contributed by atoms with Gasteiger partial charge in [0, 0.05) is 37.4 Å². The normalized spacial score (nSPS) is 21.6. The second kappa shape index (κ2) is 10.8. The van der Waals surface area contributed by atoms with Gasteiger partial charge in [-0.05, 0) is 61.4 Å². The second-order valence-electron chi connectivity index (χ2n) is 8.22. The summed E-state index contributed by atoms with van der Waals surface area (Å²) >= 11 is 0. The van der Waals surface area contributed by atoms with Gasteiger partial charge in [0.15, 0.2) is 11.6 Å². The third-order valence-electron chi connectivity index (χ3n) is 6.53. The standard InChI is InChI=1S/C25H30N2O4.ClH/c1-30-20-10-6-18(7-11-20)24(28)22-4-3-5-23(25(22)29)27-16-14-26(15-17-27)19-8-12-21(31-2)13-9-19;/h6-13,22-23H,3-5,14-17H2,1-2H3;1H. The number of hydrogen-bond acceptors (Lipinski definition) is 6. The average molecular weight is 459 g/mol. The Morgan fingerprint density at radius 1 is 0.844 bits per heavy atom. The monoisotopic (exact) mass is 458 g/mol. The van der Waals surface area contributed by atoms with E-state index >= 15 is 0 Å². The highest BCUT2D eigenvalue weighted by Crippen LogP contribution is 2.29. The summed E-state index contributed by atoms with van der Waals surface area (Å²) in [6.45, 7) is 3.39. The molecule has 7 heteroatoms. The lowest BCUT2D eigenvalue weighted by atomic mass is 9.79. The van der Waals surface area contributed by atoms with Crippen LogP contribution in [0.2, 0.25) is 0 Å². The van der Waals surface area contributed by atoms with E-state index < -0.39 is 5.92 Å². The molecule has 2 unspecified atom stereocenters. The first kappa shape index (κ1) is 24.1. The molecule has 0 bridgehead atoms. The van der Waals surface area contributed by atoms with Crippen molar-refractivity contribution in [2.75, 3.05) is 45.3 Å². The number of benzene rings is 2. The summed E-state index contributed by atoms with van der Waals surface area (Å²) in [5.41, 5.74) is 1.76. The smallest absolute Gasteiger partial charge is 0.173 e. The second-order valence-corrected chi connectivity index (χ2v) is 8.22. The lowest BCUT2D eigenvalue weighted by Gasteiger charge is -2.42. The predicted octanol–water partition coefficient (Wildman–Crippen LogP) is 3.87. The number of ketones is 2. The molecule has 1 saturated carbocycles. The zero-order chi connectivity index (χ0) is 21.8. The molecular weight excluding hydrogens is 428 g/mol. The highest BCUT2D eigenvalue weighted by Gasteiger charge is 2.39. The van der Waals surface area contributed by atoms with Gasteiger partial charge in [0.1, 0.15) is 11.5 Å². The van der Waals surface area contributed by atoms with E-state index in [1.165, 1.54) is 5.69 Å². The molecule has 2 aromatic rings. The van der Waals surface area contributed by atoms with E-state index in [9.17, 15) is 9.59 Å². The number of anilines is 1. The van der Waals surface area contributed by atoms with Crippen molar-refractivity contribution in [3.63, 3.8) is 0 Å². The van der Waals surface area contributed by atoms with Crippen molar-refractivity contribution in [3.05, 3.63) is 54.1 Å². The van der Waals surface area contributed by atoms with Crippen LogP contribution in [0.25, 0.3) is 0 Å². The molecule has 32 heavy (non-hydrogen) atoms. The Morgan fingerprint density at radius 3 is 1.97 bits per heavy atom. The Balaban J connectivity index is 0.00000289. The maximum absolute atomic E-state index is 13.3.